The van der Waals surface area contributed by atoms with Gasteiger partial charge in [0.05, 0.1) is 30.4 Å². The number of rotatable bonds is 9. The lowest BCUT2D eigenvalue weighted by Gasteiger charge is -2.55. The molecule has 0 N–H and O–H groups in total. The van der Waals surface area contributed by atoms with Gasteiger partial charge in [-0.15, -0.1) is 0 Å². The van der Waals surface area contributed by atoms with Crippen molar-refractivity contribution >= 4 is 18.6 Å². The van der Waals surface area contributed by atoms with Crippen LogP contribution in [0.15, 0.2) is 29.1 Å². The van der Waals surface area contributed by atoms with E-state index >= 15 is 0 Å². The number of nitrogens with zero attached hydrogens (tertiary/aromatic N) is 3. The largest absolute Gasteiger partial charge is 0.331 e. The van der Waals surface area contributed by atoms with Gasteiger partial charge in [-0.2, -0.15) is 0 Å². The Kier molecular flexibility index (Phi) is 8.57. The second kappa shape index (κ2) is 12.0. The highest BCUT2D eigenvalue weighted by atomic mass is 31.2. The molecule has 2 saturated carbocycles. The summed E-state index contributed by atoms with van der Waals surface area (Å²) in [6.45, 7) is 6.72. The van der Waals surface area contributed by atoms with Gasteiger partial charge in [0.2, 0.25) is 0 Å². The average molecular weight is 570 g/mol. The van der Waals surface area contributed by atoms with E-state index in [-0.39, 0.29) is 24.2 Å². The van der Waals surface area contributed by atoms with Crippen molar-refractivity contribution in [3.8, 4) is 0 Å². The normalized spacial score (nSPS) is 32.8. The molecule has 8 heteroatoms. The Morgan fingerprint density at radius 2 is 1.52 bits per heavy atom. The van der Waals surface area contributed by atoms with Crippen molar-refractivity contribution < 1.29 is 13.6 Å². The highest BCUT2D eigenvalue weighted by Gasteiger charge is 2.46. The molecular formula is C32H48N3O4P. The van der Waals surface area contributed by atoms with Gasteiger partial charge in [0, 0.05) is 30.6 Å². The summed E-state index contributed by atoms with van der Waals surface area (Å²) in [5, 5.41) is 0. The molecular weight excluding hydrogens is 521 g/mol. The predicted octanol–water partition coefficient (Wildman–Crippen LogP) is 6.98. The fourth-order valence-electron chi connectivity index (χ4n) is 9.12. The Morgan fingerprint density at radius 1 is 0.875 bits per heavy atom. The maximum absolute atomic E-state index is 14.1. The van der Waals surface area contributed by atoms with Gasteiger partial charge >= 0.3 is 7.60 Å². The quantitative estimate of drug-likeness (QED) is 0.304. The van der Waals surface area contributed by atoms with Crippen molar-refractivity contribution in [3.05, 3.63) is 40.3 Å². The Hall–Kier alpha value is -1.53. The Bertz CT molecular complexity index is 1250. The molecule has 0 amide bonds. The third-order valence-corrected chi connectivity index (χ3v) is 12.4. The molecule has 3 heterocycles. The number of aromatic nitrogens is 2. The number of piperidine rings is 2. The summed E-state index contributed by atoms with van der Waals surface area (Å²) in [7, 11) is -3.26. The van der Waals surface area contributed by atoms with E-state index in [2.05, 4.69) is 16.4 Å². The van der Waals surface area contributed by atoms with Crippen LogP contribution in [0.3, 0.4) is 0 Å². The van der Waals surface area contributed by atoms with E-state index in [1.807, 2.05) is 38.1 Å². The van der Waals surface area contributed by atoms with Gasteiger partial charge in [0.15, 0.2) is 0 Å². The predicted molar refractivity (Wildman–Crippen MR) is 160 cm³/mol. The summed E-state index contributed by atoms with van der Waals surface area (Å²) in [6, 6.07) is 10.0. The van der Waals surface area contributed by atoms with Crippen LogP contribution in [0.4, 0.5) is 0 Å². The van der Waals surface area contributed by atoms with Crippen LogP contribution in [0, 0.1) is 17.8 Å². The van der Waals surface area contributed by atoms with Crippen molar-refractivity contribution in [1.29, 1.82) is 0 Å². The number of hydrogen-bond donors (Lipinski definition) is 0. The van der Waals surface area contributed by atoms with Gasteiger partial charge < -0.3 is 13.6 Å². The number of fused-ring (bicyclic) bond motifs is 5. The number of hydrogen-bond acceptors (Lipinski definition) is 6. The SMILES string of the molecule is CCOP(=O)(CCc1nc2ccccc2n([C@H]2C[C@H]3CCC[C@@H](C2)N3[C@H]2C[C@@H]3C[C@@H](C)C[C@@H](C3)C2)c1=O)OCC. The molecule has 40 heavy (non-hydrogen) atoms. The number of benzene rings is 1. The highest BCUT2D eigenvalue weighted by Crippen LogP contribution is 2.49. The highest BCUT2D eigenvalue weighted by molar-refractivity contribution is 7.53. The van der Waals surface area contributed by atoms with E-state index in [1.165, 1.54) is 51.4 Å². The molecule has 0 spiro atoms. The zero-order chi connectivity index (χ0) is 27.9. The molecule has 7 atom stereocenters. The Balaban J connectivity index is 1.27. The first-order chi connectivity index (χ1) is 19.4. The van der Waals surface area contributed by atoms with Crippen LogP contribution >= 0.6 is 7.60 Å². The maximum Gasteiger partial charge on any atom is 0.331 e. The first-order valence-corrected chi connectivity index (χ1v) is 17.8. The maximum atomic E-state index is 14.1. The second-order valence-corrected chi connectivity index (χ2v) is 15.3. The summed E-state index contributed by atoms with van der Waals surface area (Å²) in [6.07, 6.45) is 13.3. The average Bonchev–Trinajstić information content (AvgIpc) is 2.91. The van der Waals surface area contributed by atoms with Crippen molar-refractivity contribution in [2.75, 3.05) is 19.4 Å². The van der Waals surface area contributed by atoms with E-state index in [0.29, 0.717) is 31.0 Å². The summed E-state index contributed by atoms with van der Waals surface area (Å²) in [5.41, 5.74) is 2.20. The molecule has 1 aromatic heterocycles. The molecule has 4 fully saturated rings. The van der Waals surface area contributed by atoms with Crippen molar-refractivity contribution in [1.82, 2.24) is 14.5 Å². The third kappa shape index (κ3) is 5.73. The zero-order valence-electron chi connectivity index (χ0n) is 24.7. The van der Waals surface area contributed by atoms with E-state index in [9.17, 15) is 9.36 Å². The fraction of sp³-hybridized carbons (Fsp3) is 0.750. The fourth-order valence-corrected chi connectivity index (χ4v) is 10.7. The van der Waals surface area contributed by atoms with E-state index in [1.54, 1.807) is 0 Å². The lowest BCUT2D eigenvalue weighted by Crippen LogP contribution is -2.59. The van der Waals surface area contributed by atoms with Crippen LogP contribution in [-0.2, 0) is 20.0 Å². The van der Waals surface area contributed by atoms with Gasteiger partial charge in [-0.3, -0.25) is 14.3 Å². The van der Waals surface area contributed by atoms with Crippen molar-refractivity contribution in [3.63, 3.8) is 0 Å². The van der Waals surface area contributed by atoms with Crippen LogP contribution in [0.2, 0.25) is 0 Å². The molecule has 2 aliphatic heterocycles. The van der Waals surface area contributed by atoms with Crippen LogP contribution in [0.5, 0.6) is 0 Å². The molecule has 220 valence electrons. The Labute approximate surface area is 239 Å². The molecule has 0 radical (unpaired) electrons. The lowest BCUT2D eigenvalue weighted by atomic mass is 9.65. The molecule has 1 aromatic carbocycles. The number of para-hydroxylation sites is 2. The van der Waals surface area contributed by atoms with Crippen LogP contribution < -0.4 is 5.56 Å². The summed E-state index contributed by atoms with van der Waals surface area (Å²) in [5.74, 6) is 2.71. The van der Waals surface area contributed by atoms with Crippen LogP contribution in [-0.4, -0.2) is 52.0 Å². The zero-order valence-corrected chi connectivity index (χ0v) is 25.6. The summed E-state index contributed by atoms with van der Waals surface area (Å²) in [4.78, 5) is 21.8. The smallest absolute Gasteiger partial charge is 0.309 e. The van der Waals surface area contributed by atoms with E-state index in [4.69, 9.17) is 14.0 Å². The number of aryl methyl sites for hydroxylation is 1. The summed E-state index contributed by atoms with van der Waals surface area (Å²) >= 11 is 0. The molecule has 7 nitrogen and oxygen atoms in total. The summed E-state index contributed by atoms with van der Waals surface area (Å²) < 4.78 is 26.2. The van der Waals surface area contributed by atoms with Crippen molar-refractivity contribution in [2.24, 2.45) is 17.8 Å². The van der Waals surface area contributed by atoms with Gasteiger partial charge in [0.25, 0.3) is 5.56 Å². The minimum absolute atomic E-state index is 0.0315. The van der Waals surface area contributed by atoms with Crippen LogP contribution in [0.1, 0.15) is 96.7 Å². The molecule has 2 aliphatic carbocycles. The van der Waals surface area contributed by atoms with Gasteiger partial charge in [0.1, 0.15) is 5.69 Å². The molecule has 2 saturated heterocycles. The van der Waals surface area contributed by atoms with Crippen molar-refractivity contribution in [2.45, 2.75) is 116 Å². The van der Waals surface area contributed by atoms with E-state index in [0.717, 1.165) is 47.7 Å². The second-order valence-electron chi connectivity index (χ2n) is 13.1. The molecule has 2 aromatic rings. The minimum atomic E-state index is -3.26. The third-order valence-electron chi connectivity index (χ3n) is 10.3. The van der Waals surface area contributed by atoms with Gasteiger partial charge in [-0.05, 0) is 102 Å². The monoisotopic (exact) mass is 569 g/mol. The van der Waals surface area contributed by atoms with Crippen LogP contribution in [0.25, 0.3) is 11.0 Å². The topological polar surface area (TPSA) is 73.7 Å². The molecule has 4 bridgehead atoms. The first-order valence-electron chi connectivity index (χ1n) is 16.0. The first kappa shape index (κ1) is 28.6. The molecule has 4 aliphatic rings. The standard InChI is InChI=1S/C32H48N3O4P/c1-4-38-40(37,39-5-2)14-13-30-32(36)35(31-12-7-6-11-29(31)33-30)28-20-25-9-8-10-26(21-28)34(25)27-18-23-15-22(3)16-24(17-23)19-27/h6-7,11-12,22-28H,4-5,8-10,13-21H2,1-3H3/t22-,23-,24+,25-,26+,27+,28+. The molecule has 6 rings (SSSR count). The van der Waals surface area contributed by atoms with Gasteiger partial charge in [-0.25, -0.2) is 4.98 Å². The molecule has 0 unspecified atom stereocenters. The van der Waals surface area contributed by atoms with Gasteiger partial charge in [-0.1, -0.05) is 25.5 Å². The van der Waals surface area contributed by atoms with E-state index < -0.39 is 7.60 Å². The Morgan fingerprint density at radius 3 is 2.17 bits per heavy atom. The lowest BCUT2D eigenvalue weighted by molar-refractivity contribution is -0.0525. The minimum Gasteiger partial charge on any atom is -0.309 e.